The Bertz CT molecular complexity index is 542. The molecule has 0 radical (unpaired) electrons. The summed E-state index contributed by atoms with van der Waals surface area (Å²) in [6.45, 7) is 3.93. The highest BCUT2D eigenvalue weighted by molar-refractivity contribution is 7.15. The summed E-state index contributed by atoms with van der Waals surface area (Å²) in [6, 6.07) is 7.99. The Labute approximate surface area is 136 Å². The fraction of sp³-hybridized carbons (Fsp3) is 0.438. The lowest BCUT2D eigenvalue weighted by atomic mass is 10.2. The van der Waals surface area contributed by atoms with Crippen LogP contribution in [0.25, 0.3) is 0 Å². The molecule has 114 valence electrons. The molecule has 0 atom stereocenters. The van der Waals surface area contributed by atoms with E-state index in [0.29, 0.717) is 0 Å². The Kier molecular flexibility index (Phi) is 6.03. The molecular formula is C16H22ClN3S. The third-order valence-corrected chi connectivity index (χ3v) is 4.71. The standard InChI is InChI=1S/C16H22ClN3S/c1-4-5-14-15(10-18-2)21-16(19-14)20(3)11-12-6-8-13(17)9-7-12/h6-9,18H,4-5,10-11H2,1-3H3. The van der Waals surface area contributed by atoms with Crippen LogP contribution in [0.15, 0.2) is 24.3 Å². The van der Waals surface area contributed by atoms with Crippen LogP contribution in [0.1, 0.15) is 29.5 Å². The van der Waals surface area contributed by atoms with E-state index in [1.807, 2.05) is 19.2 Å². The normalized spacial score (nSPS) is 10.9. The predicted molar refractivity (Wildman–Crippen MR) is 92.4 cm³/mol. The van der Waals surface area contributed by atoms with Gasteiger partial charge in [0.2, 0.25) is 0 Å². The predicted octanol–water partition coefficient (Wildman–Crippen LogP) is 4.10. The van der Waals surface area contributed by atoms with Gasteiger partial charge in [0.15, 0.2) is 5.13 Å². The molecule has 1 heterocycles. The van der Waals surface area contributed by atoms with Crippen molar-refractivity contribution in [3.63, 3.8) is 0 Å². The number of rotatable bonds is 7. The van der Waals surface area contributed by atoms with Crippen molar-refractivity contribution in [2.24, 2.45) is 0 Å². The Morgan fingerprint density at radius 1 is 1.29 bits per heavy atom. The molecule has 0 saturated carbocycles. The van der Waals surface area contributed by atoms with Crippen LogP contribution >= 0.6 is 22.9 Å². The first-order chi connectivity index (χ1) is 10.1. The van der Waals surface area contributed by atoms with Gasteiger partial charge >= 0.3 is 0 Å². The molecule has 21 heavy (non-hydrogen) atoms. The summed E-state index contributed by atoms with van der Waals surface area (Å²) in [6.07, 6.45) is 2.17. The summed E-state index contributed by atoms with van der Waals surface area (Å²) < 4.78 is 0. The van der Waals surface area contributed by atoms with Crippen molar-refractivity contribution in [3.05, 3.63) is 45.4 Å². The van der Waals surface area contributed by atoms with E-state index in [1.165, 1.54) is 16.1 Å². The van der Waals surface area contributed by atoms with Gasteiger partial charge in [-0.25, -0.2) is 4.98 Å². The van der Waals surface area contributed by atoms with Crippen LogP contribution in [-0.4, -0.2) is 19.1 Å². The first-order valence-electron chi connectivity index (χ1n) is 7.22. The van der Waals surface area contributed by atoms with E-state index in [4.69, 9.17) is 16.6 Å². The summed E-state index contributed by atoms with van der Waals surface area (Å²) in [4.78, 5) is 8.36. The molecule has 0 fully saturated rings. The zero-order valence-electron chi connectivity index (χ0n) is 12.8. The van der Waals surface area contributed by atoms with E-state index in [-0.39, 0.29) is 0 Å². The fourth-order valence-corrected chi connectivity index (χ4v) is 3.40. The summed E-state index contributed by atoms with van der Waals surface area (Å²) in [5, 5.41) is 5.09. The van der Waals surface area contributed by atoms with E-state index in [0.717, 1.165) is 36.1 Å². The lowest BCUT2D eigenvalue weighted by molar-refractivity contribution is 0.796. The number of nitrogens with one attached hydrogen (secondary N) is 1. The van der Waals surface area contributed by atoms with E-state index in [2.05, 4.69) is 36.3 Å². The summed E-state index contributed by atoms with van der Waals surface area (Å²) in [5.41, 5.74) is 2.47. The van der Waals surface area contributed by atoms with E-state index >= 15 is 0 Å². The van der Waals surface area contributed by atoms with Crippen molar-refractivity contribution in [1.82, 2.24) is 10.3 Å². The minimum absolute atomic E-state index is 0.775. The fourth-order valence-electron chi connectivity index (χ4n) is 2.20. The molecule has 1 aromatic carbocycles. The van der Waals surface area contributed by atoms with Gasteiger partial charge in [-0.15, -0.1) is 11.3 Å². The number of hydrogen-bond acceptors (Lipinski definition) is 4. The first kappa shape index (κ1) is 16.3. The van der Waals surface area contributed by atoms with Gasteiger partial charge in [0, 0.05) is 30.0 Å². The second-order valence-corrected chi connectivity index (χ2v) is 6.63. The maximum absolute atomic E-state index is 5.93. The van der Waals surface area contributed by atoms with E-state index < -0.39 is 0 Å². The first-order valence-corrected chi connectivity index (χ1v) is 8.42. The molecular weight excluding hydrogens is 302 g/mol. The summed E-state index contributed by atoms with van der Waals surface area (Å²) in [5.74, 6) is 0. The quantitative estimate of drug-likeness (QED) is 0.831. The molecule has 2 aromatic rings. The van der Waals surface area contributed by atoms with Crippen LogP contribution < -0.4 is 10.2 Å². The monoisotopic (exact) mass is 323 g/mol. The molecule has 5 heteroatoms. The van der Waals surface area contributed by atoms with Gasteiger partial charge in [-0.05, 0) is 31.2 Å². The zero-order chi connectivity index (χ0) is 15.2. The van der Waals surface area contributed by atoms with Gasteiger partial charge < -0.3 is 10.2 Å². The Morgan fingerprint density at radius 3 is 2.62 bits per heavy atom. The van der Waals surface area contributed by atoms with Crippen LogP contribution in [0.2, 0.25) is 5.02 Å². The molecule has 0 unspecified atom stereocenters. The second kappa shape index (κ2) is 7.78. The van der Waals surface area contributed by atoms with Gasteiger partial charge in [0.1, 0.15) is 0 Å². The number of nitrogens with zero attached hydrogens (tertiary/aromatic N) is 2. The highest BCUT2D eigenvalue weighted by atomic mass is 35.5. The van der Waals surface area contributed by atoms with Crippen molar-refractivity contribution in [3.8, 4) is 0 Å². The molecule has 0 amide bonds. The molecule has 0 saturated heterocycles. The molecule has 0 aliphatic carbocycles. The maximum atomic E-state index is 5.93. The lowest BCUT2D eigenvalue weighted by Gasteiger charge is -2.15. The number of benzene rings is 1. The summed E-state index contributed by atoms with van der Waals surface area (Å²) >= 11 is 7.71. The lowest BCUT2D eigenvalue weighted by Crippen LogP contribution is -2.16. The van der Waals surface area contributed by atoms with Crippen LogP contribution in [0.5, 0.6) is 0 Å². The Balaban J connectivity index is 2.12. The van der Waals surface area contributed by atoms with Crippen molar-refractivity contribution in [1.29, 1.82) is 0 Å². The average molecular weight is 324 g/mol. The molecule has 0 spiro atoms. The summed E-state index contributed by atoms with van der Waals surface area (Å²) in [7, 11) is 4.07. The molecule has 1 aromatic heterocycles. The minimum atomic E-state index is 0.775. The van der Waals surface area contributed by atoms with Gasteiger partial charge in [-0.1, -0.05) is 37.1 Å². The van der Waals surface area contributed by atoms with Gasteiger partial charge in [-0.2, -0.15) is 0 Å². The van der Waals surface area contributed by atoms with E-state index in [9.17, 15) is 0 Å². The van der Waals surface area contributed by atoms with Crippen molar-refractivity contribution < 1.29 is 0 Å². The smallest absolute Gasteiger partial charge is 0.185 e. The number of aryl methyl sites for hydroxylation is 1. The highest BCUT2D eigenvalue weighted by Crippen LogP contribution is 2.27. The topological polar surface area (TPSA) is 28.2 Å². The zero-order valence-corrected chi connectivity index (χ0v) is 14.4. The number of hydrogen-bond donors (Lipinski definition) is 1. The largest absolute Gasteiger partial charge is 0.347 e. The van der Waals surface area contributed by atoms with Gasteiger partial charge in [-0.3, -0.25) is 0 Å². The molecule has 1 N–H and O–H groups in total. The number of thiazole rings is 1. The van der Waals surface area contributed by atoms with Crippen LogP contribution in [0, 0.1) is 0 Å². The molecule has 0 aliphatic heterocycles. The molecule has 0 bridgehead atoms. The Morgan fingerprint density at radius 2 is 2.00 bits per heavy atom. The van der Waals surface area contributed by atoms with Gasteiger partial charge in [0.05, 0.1) is 5.69 Å². The van der Waals surface area contributed by atoms with Crippen LogP contribution in [0.4, 0.5) is 5.13 Å². The third kappa shape index (κ3) is 4.43. The average Bonchev–Trinajstić information content (AvgIpc) is 2.86. The highest BCUT2D eigenvalue weighted by Gasteiger charge is 2.13. The van der Waals surface area contributed by atoms with Crippen molar-refractivity contribution in [2.75, 3.05) is 19.0 Å². The minimum Gasteiger partial charge on any atom is -0.347 e. The van der Waals surface area contributed by atoms with Crippen LogP contribution in [-0.2, 0) is 19.5 Å². The van der Waals surface area contributed by atoms with Crippen molar-refractivity contribution >= 4 is 28.1 Å². The number of anilines is 1. The molecule has 2 rings (SSSR count). The van der Waals surface area contributed by atoms with Crippen molar-refractivity contribution in [2.45, 2.75) is 32.9 Å². The second-order valence-electron chi connectivity index (χ2n) is 5.13. The SMILES string of the molecule is CCCc1nc(N(C)Cc2ccc(Cl)cc2)sc1CNC. The molecule has 3 nitrogen and oxygen atoms in total. The Hall–Kier alpha value is -1.10. The van der Waals surface area contributed by atoms with E-state index in [1.54, 1.807) is 11.3 Å². The van der Waals surface area contributed by atoms with Gasteiger partial charge in [0.25, 0.3) is 0 Å². The maximum Gasteiger partial charge on any atom is 0.185 e. The van der Waals surface area contributed by atoms with Crippen LogP contribution in [0.3, 0.4) is 0 Å². The molecule has 0 aliphatic rings. The third-order valence-electron chi connectivity index (χ3n) is 3.25. The number of halogens is 1. The number of aromatic nitrogens is 1.